The molecule has 206 valence electrons. The number of hydrogen-bond acceptors (Lipinski definition) is 6. The van der Waals surface area contributed by atoms with Crippen molar-refractivity contribution >= 4 is 40.8 Å². The fraction of sp³-hybridized carbons (Fsp3) is 0.281. The molecule has 1 fully saturated rings. The van der Waals surface area contributed by atoms with Gasteiger partial charge in [0.05, 0.1) is 16.8 Å². The van der Waals surface area contributed by atoms with Crippen LogP contribution in [-0.4, -0.2) is 42.1 Å². The smallest absolute Gasteiger partial charge is 0.251 e. The number of carbonyl (C=O) groups excluding carboxylic acids is 1. The van der Waals surface area contributed by atoms with E-state index in [2.05, 4.69) is 35.0 Å². The molecule has 1 aromatic heterocycles. The maximum atomic E-state index is 12.7. The maximum absolute atomic E-state index is 12.7. The Labute approximate surface area is 245 Å². The first kappa shape index (κ1) is 28.0. The number of anilines is 2. The maximum Gasteiger partial charge on any atom is 0.251 e. The molecule has 1 amide bonds. The number of piperazine rings is 1. The Kier molecular flexibility index (Phi) is 8.92. The van der Waals surface area contributed by atoms with Crippen LogP contribution in [0.5, 0.6) is 0 Å². The molecule has 0 saturated carbocycles. The van der Waals surface area contributed by atoms with Crippen LogP contribution in [0.2, 0.25) is 5.02 Å². The van der Waals surface area contributed by atoms with E-state index in [0.717, 1.165) is 76.0 Å². The summed E-state index contributed by atoms with van der Waals surface area (Å²) >= 11 is 8.05. The second-order valence-corrected chi connectivity index (χ2v) is 11.4. The van der Waals surface area contributed by atoms with E-state index in [1.165, 1.54) is 0 Å². The Balaban J connectivity index is 1.19. The average Bonchev–Trinajstić information content (AvgIpc) is 2.99. The Hall–Kier alpha value is -3.55. The van der Waals surface area contributed by atoms with Gasteiger partial charge in [-0.3, -0.25) is 4.79 Å². The van der Waals surface area contributed by atoms with Crippen LogP contribution in [0.1, 0.15) is 45.7 Å². The molecular formula is C32H34ClN5OS. The second kappa shape index (κ2) is 12.7. The van der Waals surface area contributed by atoms with Gasteiger partial charge in [0.15, 0.2) is 5.16 Å². The largest absolute Gasteiger partial charge is 0.367 e. The lowest BCUT2D eigenvalue weighted by atomic mass is 10.1. The standard InChI is InChI=1S/C32H34ClN5OS/c1-22-23(2)35-32(36-30(22)38-19-17-37(18-20-38)29-12-8-7-11-28(29)33)40-21-25-13-15-27(16-14-25)31(39)34-24(3)26-9-5-4-6-10-26/h4-16,24H,17-21H2,1-3H3,(H,34,39). The summed E-state index contributed by atoms with van der Waals surface area (Å²) in [6.07, 6.45) is 0. The number of aromatic nitrogens is 2. The number of thioether (sulfide) groups is 1. The highest BCUT2D eigenvalue weighted by Gasteiger charge is 2.22. The number of benzene rings is 3. The van der Waals surface area contributed by atoms with Crippen molar-refractivity contribution in [1.82, 2.24) is 15.3 Å². The minimum atomic E-state index is -0.0766. The molecule has 8 heteroatoms. The quantitative estimate of drug-likeness (QED) is 0.184. The van der Waals surface area contributed by atoms with Gasteiger partial charge in [-0.25, -0.2) is 9.97 Å². The summed E-state index contributed by atoms with van der Waals surface area (Å²) in [7, 11) is 0. The van der Waals surface area contributed by atoms with E-state index in [0.29, 0.717) is 5.56 Å². The van der Waals surface area contributed by atoms with E-state index in [-0.39, 0.29) is 11.9 Å². The Morgan fingerprint density at radius 3 is 2.25 bits per heavy atom. The molecule has 0 radical (unpaired) electrons. The minimum absolute atomic E-state index is 0.0563. The van der Waals surface area contributed by atoms with Crippen LogP contribution >= 0.6 is 23.4 Å². The highest BCUT2D eigenvalue weighted by Crippen LogP contribution is 2.30. The van der Waals surface area contributed by atoms with Crippen molar-refractivity contribution in [2.45, 2.75) is 37.7 Å². The van der Waals surface area contributed by atoms with Crippen LogP contribution in [0.15, 0.2) is 84.0 Å². The van der Waals surface area contributed by atoms with Gasteiger partial charge in [0.1, 0.15) is 5.82 Å². The van der Waals surface area contributed by atoms with Crippen molar-refractivity contribution in [3.63, 3.8) is 0 Å². The molecule has 0 spiro atoms. The van der Waals surface area contributed by atoms with Crippen LogP contribution < -0.4 is 15.1 Å². The van der Waals surface area contributed by atoms with Crippen molar-refractivity contribution in [3.05, 3.63) is 112 Å². The molecule has 1 N–H and O–H groups in total. The van der Waals surface area contributed by atoms with Gasteiger partial charge in [-0.1, -0.05) is 78.0 Å². The van der Waals surface area contributed by atoms with E-state index in [9.17, 15) is 4.79 Å². The number of hydrogen-bond donors (Lipinski definition) is 1. The van der Waals surface area contributed by atoms with Crippen LogP contribution in [-0.2, 0) is 5.75 Å². The third kappa shape index (κ3) is 6.60. The zero-order chi connectivity index (χ0) is 28.1. The number of nitrogens with zero attached hydrogens (tertiary/aromatic N) is 4. The third-order valence-electron chi connectivity index (χ3n) is 7.35. The van der Waals surface area contributed by atoms with Crippen molar-refractivity contribution in [2.24, 2.45) is 0 Å². The Morgan fingerprint density at radius 1 is 0.900 bits per heavy atom. The number of carbonyl (C=O) groups is 1. The molecule has 4 aromatic rings. The first-order chi connectivity index (χ1) is 19.4. The molecular weight excluding hydrogens is 538 g/mol. The SMILES string of the molecule is Cc1nc(SCc2ccc(C(=O)NC(C)c3ccccc3)cc2)nc(N2CCN(c3ccccc3Cl)CC2)c1C. The van der Waals surface area contributed by atoms with Crippen molar-refractivity contribution in [2.75, 3.05) is 36.0 Å². The molecule has 6 nitrogen and oxygen atoms in total. The summed E-state index contributed by atoms with van der Waals surface area (Å²) in [5.41, 5.74) is 6.06. The number of halogens is 1. The summed E-state index contributed by atoms with van der Waals surface area (Å²) in [6, 6.07) is 25.7. The lowest BCUT2D eigenvalue weighted by Crippen LogP contribution is -2.47. The predicted molar refractivity (Wildman–Crippen MR) is 166 cm³/mol. The van der Waals surface area contributed by atoms with E-state index in [1.54, 1.807) is 11.8 Å². The fourth-order valence-electron chi connectivity index (χ4n) is 4.83. The number of aryl methyl sites for hydroxylation is 1. The number of amides is 1. The fourth-order valence-corrected chi connectivity index (χ4v) is 5.93. The van der Waals surface area contributed by atoms with Gasteiger partial charge in [0.25, 0.3) is 5.91 Å². The molecule has 1 aliphatic heterocycles. The predicted octanol–water partition coefficient (Wildman–Crippen LogP) is 6.86. The summed E-state index contributed by atoms with van der Waals surface area (Å²) < 4.78 is 0. The molecule has 2 heterocycles. The first-order valence-corrected chi connectivity index (χ1v) is 14.9. The monoisotopic (exact) mass is 571 g/mol. The first-order valence-electron chi connectivity index (χ1n) is 13.6. The molecule has 0 aliphatic carbocycles. The van der Waals surface area contributed by atoms with E-state index in [4.69, 9.17) is 21.6 Å². The van der Waals surface area contributed by atoms with Crippen LogP contribution in [0.25, 0.3) is 0 Å². The van der Waals surface area contributed by atoms with Gasteiger partial charge in [-0.15, -0.1) is 0 Å². The molecule has 1 atom stereocenters. The van der Waals surface area contributed by atoms with Crippen molar-refractivity contribution in [3.8, 4) is 0 Å². The summed E-state index contributed by atoms with van der Waals surface area (Å²) in [5.74, 6) is 1.66. The van der Waals surface area contributed by atoms with Crippen molar-refractivity contribution in [1.29, 1.82) is 0 Å². The highest BCUT2D eigenvalue weighted by molar-refractivity contribution is 7.98. The lowest BCUT2D eigenvalue weighted by Gasteiger charge is -2.37. The topological polar surface area (TPSA) is 61.4 Å². The second-order valence-electron chi connectivity index (χ2n) is 10.1. The van der Waals surface area contributed by atoms with Crippen LogP contribution in [0.3, 0.4) is 0 Å². The van der Waals surface area contributed by atoms with E-state index >= 15 is 0 Å². The average molecular weight is 572 g/mol. The normalized spacial score (nSPS) is 14.2. The van der Waals surface area contributed by atoms with Gasteiger partial charge in [-0.05, 0) is 56.2 Å². The summed E-state index contributed by atoms with van der Waals surface area (Å²) in [6.45, 7) is 9.67. The van der Waals surface area contributed by atoms with Gasteiger partial charge < -0.3 is 15.1 Å². The van der Waals surface area contributed by atoms with Gasteiger partial charge in [0.2, 0.25) is 0 Å². The van der Waals surface area contributed by atoms with Gasteiger partial charge in [-0.2, -0.15) is 0 Å². The Bertz CT molecular complexity index is 1460. The molecule has 3 aromatic carbocycles. The Morgan fingerprint density at radius 2 is 1.55 bits per heavy atom. The zero-order valence-corrected chi connectivity index (χ0v) is 24.7. The van der Waals surface area contributed by atoms with Gasteiger partial charge >= 0.3 is 0 Å². The number of para-hydroxylation sites is 1. The summed E-state index contributed by atoms with van der Waals surface area (Å²) in [4.78, 5) is 27.2. The van der Waals surface area contributed by atoms with E-state index in [1.807, 2.05) is 79.7 Å². The third-order valence-corrected chi connectivity index (χ3v) is 8.58. The zero-order valence-electron chi connectivity index (χ0n) is 23.1. The van der Waals surface area contributed by atoms with Crippen LogP contribution in [0.4, 0.5) is 11.5 Å². The molecule has 1 unspecified atom stereocenters. The molecule has 1 saturated heterocycles. The van der Waals surface area contributed by atoms with Gasteiger partial charge in [0, 0.05) is 48.8 Å². The molecule has 40 heavy (non-hydrogen) atoms. The minimum Gasteiger partial charge on any atom is -0.367 e. The highest BCUT2D eigenvalue weighted by atomic mass is 35.5. The number of rotatable bonds is 8. The van der Waals surface area contributed by atoms with E-state index < -0.39 is 0 Å². The molecule has 0 bridgehead atoms. The van der Waals surface area contributed by atoms with Crippen molar-refractivity contribution < 1.29 is 4.79 Å². The summed E-state index contributed by atoms with van der Waals surface area (Å²) in [5, 5.41) is 4.63. The molecule has 5 rings (SSSR count). The molecule has 1 aliphatic rings. The van der Waals surface area contributed by atoms with Crippen LogP contribution in [0, 0.1) is 13.8 Å². The lowest BCUT2D eigenvalue weighted by molar-refractivity contribution is 0.0940. The number of nitrogens with one attached hydrogen (secondary N) is 1.